The third-order valence-electron chi connectivity index (χ3n) is 4.46. The smallest absolute Gasteiger partial charge is 0.253 e. The van der Waals surface area contributed by atoms with Gasteiger partial charge in [0.2, 0.25) is 6.41 Å². The number of carbonyl (C=O) groups excluding carboxylic acids is 2. The normalized spacial score (nSPS) is 10.4. The van der Waals surface area contributed by atoms with Crippen LogP contribution in [-0.4, -0.2) is 44.1 Å². The van der Waals surface area contributed by atoms with E-state index in [0.29, 0.717) is 24.2 Å². The molecule has 1 aromatic heterocycles. The predicted octanol–water partition coefficient (Wildman–Crippen LogP) is 2.20. The number of rotatable bonds is 10. The van der Waals surface area contributed by atoms with Crippen LogP contribution in [0.1, 0.15) is 22.8 Å². The van der Waals surface area contributed by atoms with Gasteiger partial charge >= 0.3 is 0 Å². The van der Waals surface area contributed by atoms with Gasteiger partial charge in [-0.1, -0.05) is 30.3 Å². The Morgan fingerprint density at radius 1 is 1.17 bits per heavy atom. The van der Waals surface area contributed by atoms with Crippen LogP contribution in [0.5, 0.6) is 0 Å². The molecule has 0 atom stereocenters. The highest BCUT2D eigenvalue weighted by atomic mass is 16.5. The van der Waals surface area contributed by atoms with Crippen molar-refractivity contribution in [2.75, 3.05) is 32.1 Å². The molecule has 0 spiro atoms. The second kappa shape index (κ2) is 11.7. The molecule has 0 fully saturated rings. The molecule has 0 saturated heterocycles. The molecule has 1 heterocycles. The van der Waals surface area contributed by atoms with Crippen molar-refractivity contribution in [3.63, 3.8) is 0 Å². The van der Waals surface area contributed by atoms with Gasteiger partial charge in [0.15, 0.2) is 0 Å². The minimum absolute atomic E-state index is 0.279. The van der Waals surface area contributed by atoms with Gasteiger partial charge in [-0.15, -0.1) is 0 Å². The number of nitrogens with one attached hydrogen (secondary N) is 3. The summed E-state index contributed by atoms with van der Waals surface area (Å²) in [6.45, 7) is 4.95. The van der Waals surface area contributed by atoms with E-state index in [0.717, 1.165) is 36.3 Å². The fourth-order valence-electron chi connectivity index (χ4n) is 3.18. The van der Waals surface area contributed by atoms with Crippen molar-refractivity contribution >= 4 is 29.0 Å². The van der Waals surface area contributed by atoms with Crippen LogP contribution in [0.2, 0.25) is 0 Å². The van der Waals surface area contributed by atoms with E-state index in [1.807, 2.05) is 37.3 Å². The van der Waals surface area contributed by atoms with Crippen LogP contribution >= 0.6 is 0 Å². The number of benzene rings is 2. The van der Waals surface area contributed by atoms with Gasteiger partial charge in [0, 0.05) is 30.6 Å². The molecule has 8 nitrogen and oxygen atoms in total. The fraction of sp³-hybridized carbons (Fsp3) is 0.273. The van der Waals surface area contributed by atoms with E-state index in [4.69, 9.17) is 10.5 Å². The highest BCUT2D eigenvalue weighted by Gasteiger charge is 2.16. The lowest BCUT2D eigenvalue weighted by atomic mass is 10.0. The Morgan fingerprint density at radius 2 is 1.93 bits per heavy atom. The Balaban J connectivity index is 0.00000155. The number of anilines is 1. The zero-order valence-electron chi connectivity index (χ0n) is 17.3. The van der Waals surface area contributed by atoms with Gasteiger partial charge < -0.3 is 31.8 Å². The molecule has 8 heteroatoms. The van der Waals surface area contributed by atoms with Gasteiger partial charge in [-0.2, -0.15) is 0 Å². The third kappa shape index (κ3) is 5.66. The molecule has 0 aliphatic carbocycles. The van der Waals surface area contributed by atoms with Crippen molar-refractivity contribution in [2.24, 2.45) is 11.5 Å². The number of ether oxygens (including phenoxy) is 1. The molecule has 0 radical (unpaired) electrons. The quantitative estimate of drug-likeness (QED) is 0.257. The number of nitrogens with two attached hydrogens (primary N) is 2. The predicted molar refractivity (Wildman–Crippen MR) is 120 cm³/mol. The standard InChI is InChI=1S/C21H24N4O3.CH5N/c1-2-28-9-8-23-12-14-4-3-5-15(10-14)16-6-7-17-18(11-16)25-21(24-13-26)19(17)20(22)27;1-2/h3-7,10-11,13,23,25H,2,8-9,12H2,1H3,(H2,22,27)(H,24,26);2H2,1H3. The fourth-order valence-corrected chi connectivity index (χ4v) is 3.18. The minimum atomic E-state index is -0.594. The summed E-state index contributed by atoms with van der Waals surface area (Å²) >= 11 is 0. The number of primary amides is 1. The first-order valence-corrected chi connectivity index (χ1v) is 9.75. The maximum atomic E-state index is 11.8. The molecule has 3 aromatic rings. The third-order valence-corrected chi connectivity index (χ3v) is 4.46. The molecule has 0 aliphatic heterocycles. The minimum Gasteiger partial charge on any atom is -0.380 e. The van der Waals surface area contributed by atoms with Crippen LogP contribution in [-0.2, 0) is 16.1 Å². The van der Waals surface area contributed by atoms with Crippen LogP contribution in [0, 0.1) is 0 Å². The molecule has 0 aliphatic rings. The highest BCUT2D eigenvalue weighted by Crippen LogP contribution is 2.30. The molecule has 3 rings (SSSR count). The first kappa shape index (κ1) is 23.1. The molecular formula is C22H29N5O3. The second-order valence-corrected chi connectivity index (χ2v) is 6.34. The molecule has 0 unspecified atom stereocenters. The second-order valence-electron chi connectivity index (χ2n) is 6.34. The number of fused-ring (bicyclic) bond motifs is 1. The number of hydrogen-bond acceptors (Lipinski definition) is 5. The van der Waals surface area contributed by atoms with E-state index in [9.17, 15) is 9.59 Å². The number of carbonyl (C=O) groups is 2. The Bertz CT molecular complexity index is 984. The molecule has 0 bridgehead atoms. The molecule has 7 N–H and O–H groups in total. The van der Waals surface area contributed by atoms with Crippen molar-refractivity contribution in [3.05, 3.63) is 53.6 Å². The van der Waals surface area contributed by atoms with Crippen LogP contribution in [0.4, 0.5) is 5.82 Å². The van der Waals surface area contributed by atoms with Crippen molar-refractivity contribution in [2.45, 2.75) is 13.5 Å². The van der Waals surface area contributed by atoms with Crippen LogP contribution < -0.4 is 22.1 Å². The Hall–Kier alpha value is -3.20. The molecule has 160 valence electrons. The topological polar surface area (TPSA) is 135 Å². The van der Waals surface area contributed by atoms with E-state index < -0.39 is 5.91 Å². The lowest BCUT2D eigenvalue weighted by Crippen LogP contribution is -2.19. The van der Waals surface area contributed by atoms with Gasteiger partial charge in [0.25, 0.3) is 5.91 Å². The van der Waals surface area contributed by atoms with Crippen molar-refractivity contribution in [3.8, 4) is 11.1 Å². The summed E-state index contributed by atoms with van der Waals surface area (Å²) in [4.78, 5) is 25.6. The molecule has 0 saturated carbocycles. The van der Waals surface area contributed by atoms with E-state index in [1.165, 1.54) is 12.6 Å². The average molecular weight is 412 g/mol. The number of hydrogen-bond donors (Lipinski definition) is 5. The number of aromatic amines is 1. The first-order valence-electron chi connectivity index (χ1n) is 9.75. The monoisotopic (exact) mass is 411 g/mol. The number of amides is 2. The summed E-state index contributed by atoms with van der Waals surface area (Å²) in [5.41, 5.74) is 14.2. The summed E-state index contributed by atoms with van der Waals surface area (Å²) < 4.78 is 5.33. The number of H-pyrrole nitrogens is 1. The summed E-state index contributed by atoms with van der Waals surface area (Å²) in [7, 11) is 1.50. The van der Waals surface area contributed by atoms with Gasteiger partial charge in [-0.25, -0.2) is 0 Å². The molecule has 2 amide bonds. The molecular weight excluding hydrogens is 382 g/mol. The maximum absolute atomic E-state index is 11.8. The average Bonchev–Trinajstić information content (AvgIpc) is 3.13. The molecule has 2 aromatic carbocycles. The van der Waals surface area contributed by atoms with Gasteiger partial charge in [0.1, 0.15) is 5.82 Å². The zero-order valence-corrected chi connectivity index (χ0v) is 17.3. The van der Waals surface area contributed by atoms with Crippen molar-refractivity contribution < 1.29 is 14.3 Å². The van der Waals surface area contributed by atoms with E-state index in [-0.39, 0.29) is 5.56 Å². The zero-order chi connectivity index (χ0) is 21.9. The summed E-state index contributed by atoms with van der Waals surface area (Å²) in [5.74, 6) is -0.287. The van der Waals surface area contributed by atoms with E-state index in [1.54, 1.807) is 0 Å². The molecule has 30 heavy (non-hydrogen) atoms. The van der Waals surface area contributed by atoms with Crippen LogP contribution in [0.25, 0.3) is 22.0 Å². The number of aromatic nitrogens is 1. The summed E-state index contributed by atoms with van der Waals surface area (Å²) in [6.07, 6.45) is 0.514. The van der Waals surface area contributed by atoms with Crippen molar-refractivity contribution in [1.82, 2.24) is 10.3 Å². The van der Waals surface area contributed by atoms with Crippen molar-refractivity contribution in [1.29, 1.82) is 0 Å². The Morgan fingerprint density at radius 3 is 2.63 bits per heavy atom. The van der Waals surface area contributed by atoms with Gasteiger partial charge in [0.05, 0.1) is 12.2 Å². The first-order chi connectivity index (χ1) is 14.6. The maximum Gasteiger partial charge on any atom is 0.253 e. The summed E-state index contributed by atoms with van der Waals surface area (Å²) in [5, 5.41) is 6.53. The summed E-state index contributed by atoms with van der Waals surface area (Å²) in [6, 6.07) is 14.0. The van der Waals surface area contributed by atoms with Crippen LogP contribution in [0.3, 0.4) is 0 Å². The Labute approximate surface area is 176 Å². The highest BCUT2D eigenvalue weighted by molar-refractivity contribution is 6.12. The lowest BCUT2D eigenvalue weighted by Gasteiger charge is -2.08. The largest absolute Gasteiger partial charge is 0.380 e. The SMILES string of the molecule is CCOCCNCc1cccc(-c2ccc3c(C(N)=O)c(NC=O)[nH]c3c2)c1.CN. The lowest BCUT2D eigenvalue weighted by molar-refractivity contribution is -0.105. The van der Waals surface area contributed by atoms with Gasteiger partial charge in [-0.05, 0) is 42.8 Å². The van der Waals surface area contributed by atoms with E-state index >= 15 is 0 Å². The van der Waals surface area contributed by atoms with E-state index in [2.05, 4.69) is 33.5 Å². The van der Waals surface area contributed by atoms with Gasteiger partial charge in [-0.3, -0.25) is 9.59 Å². The van der Waals surface area contributed by atoms with Crippen LogP contribution in [0.15, 0.2) is 42.5 Å². The Kier molecular flexibility index (Phi) is 9.02.